The molecule has 1 unspecified atom stereocenters. The molecule has 3 aromatic heterocycles. The molecular weight excluding hydrogens is 638 g/mol. The summed E-state index contributed by atoms with van der Waals surface area (Å²) in [4.78, 5) is 21.9. The van der Waals surface area contributed by atoms with Crippen LogP contribution in [0, 0.1) is 6.92 Å². The predicted molar refractivity (Wildman–Crippen MR) is 158 cm³/mol. The highest BCUT2D eigenvalue weighted by Gasteiger charge is 2.24. The zero-order valence-corrected chi connectivity index (χ0v) is 25.2. The number of aliphatic hydroxyl groups excluding tert-OH is 1. The topological polar surface area (TPSA) is 114 Å². The number of carbonyl (C=O) groups is 1. The number of aryl methyl sites for hydroxylation is 1. The number of carbonyl (C=O) groups excluding carboxylic acids is 1. The highest BCUT2D eigenvalue weighted by molar-refractivity contribution is 14.2. The fourth-order valence-corrected chi connectivity index (χ4v) is 6.78. The lowest BCUT2D eigenvalue weighted by Gasteiger charge is -2.27. The van der Waals surface area contributed by atoms with Gasteiger partial charge in [-0.05, 0) is 46.7 Å². The summed E-state index contributed by atoms with van der Waals surface area (Å²) >= 11 is 3.50. The minimum atomic E-state index is -0.241. The molecule has 0 fully saturated rings. The zero-order chi connectivity index (χ0) is 26.8. The number of fused-ring (bicyclic) bond motifs is 2. The van der Waals surface area contributed by atoms with Crippen molar-refractivity contribution in [3.63, 3.8) is 0 Å². The highest BCUT2D eigenvalue weighted by Crippen LogP contribution is 2.32. The van der Waals surface area contributed by atoms with E-state index < -0.39 is 0 Å². The Morgan fingerprint density at radius 1 is 1.37 bits per heavy atom. The van der Waals surface area contributed by atoms with E-state index in [9.17, 15) is 9.90 Å². The van der Waals surface area contributed by atoms with Gasteiger partial charge in [0.25, 0.3) is 5.91 Å². The summed E-state index contributed by atoms with van der Waals surface area (Å²) in [5, 5.41) is 20.3. The summed E-state index contributed by atoms with van der Waals surface area (Å²) in [6.07, 6.45) is 5.15. The third-order valence-electron chi connectivity index (χ3n) is 6.56. The van der Waals surface area contributed by atoms with Crippen LogP contribution in [0.1, 0.15) is 38.8 Å². The Morgan fingerprint density at radius 2 is 2.21 bits per heavy atom. The number of nitrogens with one attached hydrogen (secondary N) is 1. The number of anilines is 1. The van der Waals surface area contributed by atoms with Crippen LogP contribution in [0.2, 0.25) is 0 Å². The Morgan fingerprint density at radius 3 is 3.00 bits per heavy atom. The first kappa shape index (κ1) is 27.3. The third-order valence-corrected chi connectivity index (χ3v) is 9.18. The number of aromatic nitrogens is 5. The molecule has 1 aliphatic rings. The van der Waals surface area contributed by atoms with Gasteiger partial charge in [0.2, 0.25) is 0 Å². The molecule has 0 bridgehead atoms. The predicted octanol–water partition coefficient (Wildman–Crippen LogP) is 3.68. The molecule has 1 amide bonds. The molecule has 1 aromatic carbocycles. The highest BCUT2D eigenvalue weighted by atomic mass is 127. The molecule has 0 saturated heterocycles. The molecule has 200 valence electrons. The largest absolute Gasteiger partial charge is 0.390 e. The Labute approximate surface area is 239 Å². The van der Waals surface area contributed by atoms with Crippen LogP contribution in [0.4, 0.5) is 5.69 Å². The second kappa shape index (κ2) is 11.8. The maximum absolute atomic E-state index is 13.2. The smallest absolute Gasteiger partial charge is 0.268 e. The summed E-state index contributed by atoms with van der Waals surface area (Å²) < 4.78 is 11.6. The standard InChI is InChI=1S/C24H28IN8O3PS/c1-15-26-12-18-16(5-4-6-19(18)29-15)10-27-24(35)22-9-21(23(14-34)30(22)2)31(3)38-36-32-8-7-20-17(13-32)11-28-33(20)37-25/h4-6,9,11-12,34,37H,7-8,10,13-14H2,1-3H3,(H,27,35). The second-order valence-corrected chi connectivity index (χ2v) is 11.8. The number of hydroxylamine groups is 2. The van der Waals surface area contributed by atoms with Gasteiger partial charge in [-0.1, -0.05) is 12.1 Å². The van der Waals surface area contributed by atoms with Gasteiger partial charge >= 0.3 is 0 Å². The van der Waals surface area contributed by atoms with E-state index in [2.05, 4.69) is 42.4 Å². The average Bonchev–Trinajstić information content (AvgIpc) is 3.49. The van der Waals surface area contributed by atoms with Crippen molar-refractivity contribution in [2.45, 2.75) is 33.0 Å². The number of halogens is 1. The second-order valence-electron chi connectivity index (χ2n) is 8.90. The molecule has 0 saturated carbocycles. The van der Waals surface area contributed by atoms with Gasteiger partial charge < -0.3 is 15.0 Å². The minimum Gasteiger partial charge on any atom is -0.390 e. The zero-order valence-electron chi connectivity index (χ0n) is 21.2. The number of nitrogens with zero attached hydrogens (tertiary/aromatic N) is 7. The fourth-order valence-electron chi connectivity index (χ4n) is 4.51. The van der Waals surface area contributed by atoms with Crippen molar-refractivity contribution >= 4 is 63.1 Å². The van der Waals surface area contributed by atoms with E-state index in [0.717, 1.165) is 41.7 Å². The molecule has 5 rings (SSSR count). The van der Waals surface area contributed by atoms with E-state index in [0.29, 0.717) is 42.4 Å². The molecule has 11 nitrogen and oxygen atoms in total. The Bertz CT molecular complexity index is 1480. The van der Waals surface area contributed by atoms with Crippen LogP contribution < -0.4 is 9.62 Å². The van der Waals surface area contributed by atoms with Gasteiger partial charge in [-0.15, -0.1) is 0 Å². The molecule has 38 heavy (non-hydrogen) atoms. The molecule has 2 N–H and O–H groups in total. The fraction of sp³-hybridized carbons (Fsp3) is 0.333. The van der Waals surface area contributed by atoms with E-state index in [-0.39, 0.29) is 12.5 Å². The number of amides is 1. The third kappa shape index (κ3) is 5.54. The van der Waals surface area contributed by atoms with Gasteiger partial charge in [0.15, 0.2) is 0 Å². The lowest BCUT2D eigenvalue weighted by atomic mass is 10.1. The molecule has 1 aliphatic heterocycles. The van der Waals surface area contributed by atoms with Crippen molar-refractivity contribution < 1.29 is 14.2 Å². The molecule has 1 atom stereocenters. The normalized spacial score (nSPS) is 13.9. The molecule has 4 aromatic rings. The van der Waals surface area contributed by atoms with E-state index in [4.69, 9.17) is 4.28 Å². The molecule has 0 radical (unpaired) electrons. The van der Waals surface area contributed by atoms with Gasteiger partial charge in [0.1, 0.15) is 23.7 Å². The summed E-state index contributed by atoms with van der Waals surface area (Å²) in [6, 6.07) is 7.58. The summed E-state index contributed by atoms with van der Waals surface area (Å²) in [6.45, 7) is 3.38. The van der Waals surface area contributed by atoms with Crippen LogP contribution in [0.25, 0.3) is 10.9 Å². The first-order valence-electron chi connectivity index (χ1n) is 11.9. The molecule has 0 spiro atoms. The number of hydrogen-bond acceptors (Lipinski definition) is 9. The maximum Gasteiger partial charge on any atom is 0.268 e. The van der Waals surface area contributed by atoms with E-state index in [1.54, 1.807) is 23.9 Å². The molecule has 4 heterocycles. The molecular formula is C24H28IN8O3PS. The lowest BCUT2D eigenvalue weighted by molar-refractivity contribution is -0.0512. The van der Waals surface area contributed by atoms with E-state index >= 15 is 0 Å². The number of benzene rings is 1. The number of hydrogen-bond donors (Lipinski definition) is 2. The van der Waals surface area contributed by atoms with Crippen LogP contribution in [0.15, 0.2) is 36.7 Å². The van der Waals surface area contributed by atoms with Crippen molar-refractivity contribution in [3.05, 3.63) is 70.7 Å². The van der Waals surface area contributed by atoms with Crippen LogP contribution >= 0.6 is 40.6 Å². The van der Waals surface area contributed by atoms with Gasteiger partial charge in [-0.2, -0.15) is 10.2 Å². The summed E-state index contributed by atoms with van der Waals surface area (Å²) in [5.74, 6) is 0.463. The first-order chi connectivity index (χ1) is 18.4. The Kier molecular flexibility index (Phi) is 8.50. The molecule has 14 heteroatoms. The van der Waals surface area contributed by atoms with Crippen molar-refractivity contribution in [2.24, 2.45) is 7.05 Å². The average molecular weight is 666 g/mol. The summed E-state index contributed by atoms with van der Waals surface area (Å²) in [5.41, 5.74) is 5.98. The van der Waals surface area contributed by atoms with Gasteiger partial charge in [-0.3, -0.25) is 9.10 Å². The van der Waals surface area contributed by atoms with Crippen molar-refractivity contribution in [2.75, 3.05) is 17.9 Å². The van der Waals surface area contributed by atoms with Crippen molar-refractivity contribution in [1.29, 1.82) is 0 Å². The van der Waals surface area contributed by atoms with Gasteiger partial charge in [0.05, 0.1) is 42.6 Å². The van der Waals surface area contributed by atoms with Crippen LogP contribution in [0.5, 0.6) is 0 Å². The van der Waals surface area contributed by atoms with Crippen LogP contribution in [0.3, 0.4) is 0 Å². The maximum atomic E-state index is 13.2. The number of aliphatic hydroxyl groups is 1. The van der Waals surface area contributed by atoms with Crippen LogP contribution in [-0.2, 0) is 37.4 Å². The molecule has 0 aliphatic carbocycles. The van der Waals surface area contributed by atoms with E-state index in [1.165, 1.54) is 11.3 Å². The Balaban J connectivity index is 1.25. The SMILES string of the molecule is Cc1ncc2c(CNC(=O)c3cc(N(C)SON4CCc5c(cnn5PI)C4)c(CO)n3C)cccc2n1. The Hall–Kier alpha value is -2.29. The van der Waals surface area contributed by atoms with Gasteiger partial charge in [0, 0.05) is 56.4 Å². The van der Waals surface area contributed by atoms with Crippen molar-refractivity contribution in [3.8, 4) is 0 Å². The quantitative estimate of drug-likeness (QED) is 0.120. The monoisotopic (exact) mass is 666 g/mol. The van der Waals surface area contributed by atoms with Gasteiger partial charge in [-0.25, -0.2) is 18.7 Å². The summed E-state index contributed by atoms with van der Waals surface area (Å²) in [7, 11) is 3.62. The minimum absolute atomic E-state index is 0.215. The first-order valence-corrected chi connectivity index (χ1v) is 16.7. The van der Waals surface area contributed by atoms with Crippen molar-refractivity contribution in [1.82, 2.24) is 34.5 Å². The lowest BCUT2D eigenvalue weighted by Crippen LogP contribution is -2.30. The van der Waals surface area contributed by atoms with E-state index in [1.807, 2.05) is 52.2 Å². The number of rotatable bonds is 9. The van der Waals surface area contributed by atoms with Crippen LogP contribution in [-0.4, -0.2) is 53.8 Å².